The maximum atomic E-state index is 13.3. The van der Waals surface area contributed by atoms with Gasteiger partial charge in [0.05, 0.1) is 15.1 Å². The predicted octanol–water partition coefficient (Wildman–Crippen LogP) is 5.13. The van der Waals surface area contributed by atoms with Crippen LogP contribution in [0, 0.1) is 12.1 Å². The van der Waals surface area contributed by atoms with Crippen LogP contribution in [0.4, 0.5) is 18.9 Å². The Morgan fingerprint density at radius 3 is 2.76 bits per heavy atom. The first-order valence-corrected chi connectivity index (χ1v) is 9.38. The average Bonchev–Trinajstić information content (AvgIpc) is 3.07. The number of nitrogens with zero attached hydrogens (tertiary/aromatic N) is 4. The van der Waals surface area contributed by atoms with Gasteiger partial charge in [-0.25, -0.2) is 9.67 Å². The van der Waals surface area contributed by atoms with Crippen molar-refractivity contribution in [3.63, 3.8) is 0 Å². The highest BCUT2D eigenvalue weighted by Crippen LogP contribution is 2.36. The number of alkyl halides is 3. The number of pyridine rings is 1. The third-order valence-corrected chi connectivity index (χ3v) is 5.10. The van der Waals surface area contributed by atoms with Crippen LogP contribution in [0.2, 0.25) is 5.02 Å². The summed E-state index contributed by atoms with van der Waals surface area (Å²) in [6.45, 7) is 1.86. The van der Waals surface area contributed by atoms with Gasteiger partial charge in [0.2, 0.25) is 5.69 Å². The number of hydrogen-bond acceptors (Lipinski definition) is 4. The normalized spacial score (nSPS) is 14.0. The van der Waals surface area contributed by atoms with Crippen LogP contribution in [-0.4, -0.2) is 25.4 Å². The minimum Gasteiger partial charge on any atom is -0.615 e. The quantitative estimate of drug-likeness (QED) is 0.371. The molecule has 0 radical (unpaired) electrons. The molecule has 3 heterocycles. The Labute approximate surface area is 175 Å². The molecule has 1 aliphatic heterocycles. The molecule has 0 amide bonds. The van der Waals surface area contributed by atoms with E-state index >= 15 is 0 Å². The number of halogens is 5. The molecule has 4 rings (SSSR count). The molecule has 0 atom stereocenters. The second-order valence-electron chi connectivity index (χ2n) is 6.28. The molecule has 0 bridgehead atoms. The summed E-state index contributed by atoms with van der Waals surface area (Å²) >= 11 is 9.44. The van der Waals surface area contributed by atoms with Gasteiger partial charge in [-0.3, -0.25) is 0 Å². The largest absolute Gasteiger partial charge is 0.615 e. The van der Waals surface area contributed by atoms with Crippen molar-refractivity contribution >= 4 is 39.1 Å². The molecule has 0 unspecified atom stereocenters. The summed E-state index contributed by atoms with van der Waals surface area (Å²) in [6, 6.07) is 7.23. The van der Waals surface area contributed by atoms with Crippen molar-refractivity contribution in [3.8, 4) is 5.82 Å². The number of rotatable bonds is 2. The fraction of sp³-hybridized carbons (Fsp3) is 0.167. The maximum Gasteiger partial charge on any atom is 0.435 e. The van der Waals surface area contributed by atoms with Crippen LogP contribution in [-0.2, 0) is 17.5 Å². The zero-order valence-corrected chi connectivity index (χ0v) is 17.0. The van der Waals surface area contributed by atoms with Crippen molar-refractivity contribution < 1.29 is 22.6 Å². The lowest BCUT2D eigenvalue weighted by Gasteiger charge is -2.20. The molecule has 150 valence electrons. The van der Waals surface area contributed by atoms with Crippen LogP contribution in [0.3, 0.4) is 0 Å². The maximum absolute atomic E-state index is 13.3. The first kappa shape index (κ1) is 19.7. The third kappa shape index (κ3) is 3.46. The smallest absolute Gasteiger partial charge is 0.435 e. The van der Waals surface area contributed by atoms with E-state index in [-0.39, 0.29) is 34.7 Å². The molecule has 0 saturated heterocycles. The van der Waals surface area contributed by atoms with E-state index in [2.05, 4.69) is 26.0 Å². The lowest BCUT2D eigenvalue weighted by Crippen LogP contribution is -2.25. The molecule has 0 aliphatic carbocycles. The topological polar surface area (TPSA) is 66.0 Å². The van der Waals surface area contributed by atoms with Crippen molar-refractivity contribution in [2.24, 2.45) is 0 Å². The first-order valence-electron chi connectivity index (χ1n) is 8.21. The lowest BCUT2D eigenvalue weighted by molar-refractivity contribution is -0.380. The Hall–Kier alpha value is -2.59. The van der Waals surface area contributed by atoms with E-state index in [1.54, 1.807) is 12.1 Å². The van der Waals surface area contributed by atoms with Gasteiger partial charge >= 0.3 is 12.1 Å². The number of aromatic nitrogens is 3. The minimum absolute atomic E-state index is 0.00612. The summed E-state index contributed by atoms with van der Waals surface area (Å²) in [4.78, 5) is 4.00. The molecule has 0 N–H and O–H groups in total. The van der Waals surface area contributed by atoms with Gasteiger partial charge < -0.3 is 9.94 Å². The standard InChI is InChI=1S/C18H11BrClF3N4O2/c1-9-5-10-8-29-17(27(28)15(10)11(19)6-9)13-7-14(18(21,22)23)25-26(13)16-12(20)3-2-4-24-16/h2-7H,8H2,1H3. The number of ether oxygens (including phenoxy) is 1. The van der Waals surface area contributed by atoms with Gasteiger partial charge in [0.15, 0.2) is 17.2 Å². The Morgan fingerprint density at radius 2 is 2.07 bits per heavy atom. The number of aryl methyl sites for hydroxylation is 1. The number of hydrogen-bond donors (Lipinski definition) is 0. The predicted molar refractivity (Wildman–Crippen MR) is 102 cm³/mol. The van der Waals surface area contributed by atoms with Crippen molar-refractivity contribution in [2.75, 3.05) is 0 Å². The van der Waals surface area contributed by atoms with E-state index < -0.39 is 11.9 Å². The Balaban J connectivity index is 1.97. The van der Waals surface area contributed by atoms with Crippen LogP contribution >= 0.6 is 27.5 Å². The summed E-state index contributed by atoms with van der Waals surface area (Å²) in [5.41, 5.74) is 0.346. The van der Waals surface area contributed by atoms with E-state index in [1.165, 1.54) is 18.3 Å². The number of benzene rings is 1. The Kier molecular flexibility index (Phi) is 4.78. The minimum atomic E-state index is -4.74. The van der Waals surface area contributed by atoms with E-state index in [1.807, 2.05) is 6.92 Å². The van der Waals surface area contributed by atoms with E-state index in [4.69, 9.17) is 16.3 Å². The van der Waals surface area contributed by atoms with Gasteiger partial charge in [-0.15, -0.1) is 4.74 Å². The second-order valence-corrected chi connectivity index (χ2v) is 7.54. The Morgan fingerprint density at radius 1 is 1.31 bits per heavy atom. The zero-order chi connectivity index (χ0) is 20.9. The van der Waals surface area contributed by atoms with Crippen molar-refractivity contribution in [2.45, 2.75) is 19.7 Å². The zero-order valence-electron chi connectivity index (χ0n) is 14.7. The average molecular weight is 488 g/mol. The molecule has 0 saturated carbocycles. The monoisotopic (exact) mass is 486 g/mol. The summed E-state index contributed by atoms with van der Waals surface area (Å²) < 4.78 is 47.3. The van der Waals surface area contributed by atoms with Gasteiger partial charge in [0.1, 0.15) is 6.61 Å². The van der Waals surface area contributed by atoms with Crippen molar-refractivity contribution in [1.82, 2.24) is 14.8 Å². The molecular formula is C18H11BrClF3N4O2. The first-order chi connectivity index (χ1) is 13.7. The van der Waals surface area contributed by atoms with Crippen LogP contribution in [0.5, 0.6) is 0 Å². The van der Waals surface area contributed by atoms with Gasteiger partial charge in [0, 0.05) is 12.3 Å². The van der Waals surface area contributed by atoms with Crippen LogP contribution in [0.25, 0.3) is 5.82 Å². The molecule has 29 heavy (non-hydrogen) atoms. The van der Waals surface area contributed by atoms with E-state index in [0.717, 1.165) is 16.3 Å². The number of fused-ring (bicyclic) bond motifs is 1. The molecule has 2 aromatic heterocycles. The molecular weight excluding hydrogens is 477 g/mol. The molecule has 0 fully saturated rings. The van der Waals surface area contributed by atoms with Gasteiger partial charge in [-0.05, 0) is 52.7 Å². The summed E-state index contributed by atoms with van der Waals surface area (Å²) in [5.74, 6) is -0.398. The molecule has 1 aromatic carbocycles. The Bertz CT molecular complexity index is 1160. The fourth-order valence-corrected chi connectivity index (χ4v) is 3.97. The molecule has 3 aromatic rings. The summed E-state index contributed by atoms with van der Waals surface area (Å²) in [7, 11) is 0. The van der Waals surface area contributed by atoms with E-state index in [0.29, 0.717) is 14.8 Å². The van der Waals surface area contributed by atoms with Crippen LogP contribution in [0.1, 0.15) is 22.5 Å². The van der Waals surface area contributed by atoms with Crippen molar-refractivity contribution in [3.05, 3.63) is 73.7 Å². The van der Waals surface area contributed by atoms with Gasteiger partial charge in [-0.2, -0.15) is 18.3 Å². The van der Waals surface area contributed by atoms with Gasteiger partial charge in [0.25, 0.3) is 0 Å². The highest BCUT2D eigenvalue weighted by molar-refractivity contribution is 9.10. The van der Waals surface area contributed by atoms with Crippen molar-refractivity contribution in [1.29, 1.82) is 0 Å². The lowest BCUT2D eigenvalue weighted by atomic mass is 10.1. The highest BCUT2D eigenvalue weighted by atomic mass is 79.9. The summed E-state index contributed by atoms with van der Waals surface area (Å²) in [6.07, 6.45) is -3.38. The highest BCUT2D eigenvalue weighted by Gasteiger charge is 2.39. The SMILES string of the molecule is Cc1cc(Br)c2c(c1)COC(c1cc(C(F)(F)F)nn1-c1ncccc1Cl)=[N+]2[O-]. The van der Waals surface area contributed by atoms with E-state index in [9.17, 15) is 18.4 Å². The molecule has 11 heteroatoms. The third-order valence-electron chi connectivity index (χ3n) is 4.20. The molecule has 6 nitrogen and oxygen atoms in total. The molecule has 1 aliphatic rings. The second kappa shape index (κ2) is 7.03. The van der Waals surface area contributed by atoms with Crippen LogP contribution in [0.15, 0.2) is 41.0 Å². The molecule has 0 spiro atoms. The fourth-order valence-electron chi connectivity index (χ4n) is 2.99. The van der Waals surface area contributed by atoms with Crippen LogP contribution < -0.4 is 0 Å². The van der Waals surface area contributed by atoms with Gasteiger partial charge in [-0.1, -0.05) is 11.6 Å². The summed E-state index contributed by atoms with van der Waals surface area (Å²) in [5, 5.41) is 16.7.